The SMILES string of the molecule is CCCCN(C)c1ncnc(Nc2cc(Cl)cc(Cl)c2)c1[N+](=O)[O-]. The molecule has 0 spiro atoms. The molecule has 0 saturated carbocycles. The Kier molecular flexibility index (Phi) is 6.16. The van der Waals surface area contributed by atoms with Gasteiger partial charge in [0, 0.05) is 29.3 Å². The number of benzene rings is 1. The van der Waals surface area contributed by atoms with E-state index in [1.165, 1.54) is 6.33 Å². The quantitative estimate of drug-likeness (QED) is 0.563. The van der Waals surface area contributed by atoms with Crippen molar-refractivity contribution < 1.29 is 4.92 Å². The molecule has 2 rings (SSSR count). The highest BCUT2D eigenvalue weighted by Crippen LogP contribution is 2.34. The number of nitro groups is 1. The van der Waals surface area contributed by atoms with Gasteiger partial charge in [-0.15, -0.1) is 0 Å². The van der Waals surface area contributed by atoms with E-state index in [4.69, 9.17) is 23.2 Å². The summed E-state index contributed by atoms with van der Waals surface area (Å²) in [6, 6.07) is 4.80. The van der Waals surface area contributed by atoms with Crippen molar-refractivity contribution in [3.8, 4) is 0 Å². The number of hydrogen-bond acceptors (Lipinski definition) is 6. The minimum Gasteiger partial charge on any atom is -0.354 e. The molecule has 1 aromatic heterocycles. The van der Waals surface area contributed by atoms with Crippen LogP contribution in [0.5, 0.6) is 0 Å². The Labute approximate surface area is 149 Å². The molecule has 9 heteroatoms. The minimum absolute atomic E-state index is 0.0895. The van der Waals surface area contributed by atoms with Crippen LogP contribution in [-0.2, 0) is 0 Å². The second kappa shape index (κ2) is 8.12. The third-order valence-electron chi connectivity index (χ3n) is 3.32. The zero-order valence-electron chi connectivity index (χ0n) is 13.3. The first-order chi connectivity index (χ1) is 11.4. The molecule has 1 N–H and O–H groups in total. The van der Waals surface area contributed by atoms with E-state index in [0.717, 1.165) is 12.8 Å². The fourth-order valence-electron chi connectivity index (χ4n) is 2.17. The van der Waals surface area contributed by atoms with Crippen molar-refractivity contribution in [2.45, 2.75) is 19.8 Å². The summed E-state index contributed by atoms with van der Waals surface area (Å²) in [5, 5.41) is 15.3. The molecule has 0 amide bonds. The normalized spacial score (nSPS) is 10.5. The van der Waals surface area contributed by atoms with Gasteiger partial charge in [-0.1, -0.05) is 36.5 Å². The van der Waals surface area contributed by atoms with Crippen LogP contribution in [0.2, 0.25) is 10.0 Å². The van der Waals surface area contributed by atoms with Gasteiger partial charge in [-0.3, -0.25) is 10.1 Å². The molecule has 128 valence electrons. The Hall–Kier alpha value is -2.12. The van der Waals surface area contributed by atoms with Gasteiger partial charge in [0.25, 0.3) is 0 Å². The summed E-state index contributed by atoms with van der Waals surface area (Å²) >= 11 is 11.9. The Balaban J connectivity index is 2.40. The van der Waals surface area contributed by atoms with Gasteiger partial charge in [0.2, 0.25) is 11.6 Å². The number of unbranched alkanes of at least 4 members (excludes halogenated alkanes) is 1. The van der Waals surface area contributed by atoms with Crippen molar-refractivity contribution in [2.75, 3.05) is 23.8 Å². The topological polar surface area (TPSA) is 84.2 Å². The van der Waals surface area contributed by atoms with Crippen molar-refractivity contribution in [3.05, 3.63) is 44.7 Å². The monoisotopic (exact) mass is 369 g/mol. The molecule has 0 saturated heterocycles. The van der Waals surface area contributed by atoms with E-state index in [0.29, 0.717) is 22.3 Å². The van der Waals surface area contributed by atoms with Gasteiger partial charge in [0.05, 0.1) is 4.92 Å². The molecular formula is C15H17Cl2N5O2. The molecule has 0 atom stereocenters. The van der Waals surface area contributed by atoms with Crippen LogP contribution in [0, 0.1) is 10.1 Å². The van der Waals surface area contributed by atoms with Gasteiger partial charge < -0.3 is 10.2 Å². The predicted molar refractivity (Wildman–Crippen MR) is 96.6 cm³/mol. The molecule has 2 aromatic rings. The summed E-state index contributed by atoms with van der Waals surface area (Å²) in [5.41, 5.74) is 0.323. The zero-order valence-corrected chi connectivity index (χ0v) is 14.8. The van der Waals surface area contributed by atoms with Gasteiger partial charge in [-0.05, 0) is 24.6 Å². The van der Waals surface area contributed by atoms with Crippen LogP contribution in [0.3, 0.4) is 0 Å². The number of aromatic nitrogens is 2. The van der Waals surface area contributed by atoms with E-state index in [1.807, 2.05) is 0 Å². The summed E-state index contributed by atoms with van der Waals surface area (Å²) in [7, 11) is 1.77. The van der Waals surface area contributed by atoms with Crippen molar-refractivity contribution in [1.29, 1.82) is 0 Å². The highest BCUT2D eigenvalue weighted by Gasteiger charge is 2.25. The van der Waals surface area contributed by atoms with Crippen molar-refractivity contribution in [2.24, 2.45) is 0 Å². The lowest BCUT2D eigenvalue weighted by Gasteiger charge is -2.18. The Morgan fingerprint density at radius 2 is 1.92 bits per heavy atom. The molecule has 0 bridgehead atoms. The van der Waals surface area contributed by atoms with E-state index in [1.54, 1.807) is 30.1 Å². The first-order valence-corrected chi connectivity index (χ1v) is 8.11. The van der Waals surface area contributed by atoms with Crippen LogP contribution in [-0.4, -0.2) is 28.5 Å². The summed E-state index contributed by atoms with van der Waals surface area (Å²) < 4.78 is 0. The first kappa shape index (κ1) is 18.2. The van der Waals surface area contributed by atoms with Gasteiger partial charge in [0.1, 0.15) is 6.33 Å². The largest absolute Gasteiger partial charge is 0.354 e. The molecule has 0 aliphatic heterocycles. The van der Waals surface area contributed by atoms with Gasteiger partial charge in [-0.25, -0.2) is 9.97 Å². The zero-order chi connectivity index (χ0) is 17.7. The molecule has 0 radical (unpaired) electrons. The van der Waals surface area contributed by atoms with Crippen LogP contribution in [0.25, 0.3) is 0 Å². The van der Waals surface area contributed by atoms with Gasteiger partial charge >= 0.3 is 5.69 Å². The summed E-state index contributed by atoms with van der Waals surface area (Å²) in [4.78, 5) is 20.9. The Morgan fingerprint density at radius 1 is 1.25 bits per heavy atom. The molecular weight excluding hydrogens is 353 g/mol. The highest BCUT2D eigenvalue weighted by atomic mass is 35.5. The number of nitrogens with one attached hydrogen (secondary N) is 1. The van der Waals surface area contributed by atoms with Gasteiger partial charge in [-0.2, -0.15) is 0 Å². The molecule has 1 heterocycles. The lowest BCUT2D eigenvalue weighted by atomic mass is 10.3. The predicted octanol–water partition coefficient (Wildman–Crippen LogP) is 4.67. The molecule has 24 heavy (non-hydrogen) atoms. The smallest absolute Gasteiger partial charge is 0.353 e. The van der Waals surface area contributed by atoms with Gasteiger partial charge in [0.15, 0.2) is 0 Å². The van der Waals surface area contributed by atoms with Crippen LogP contribution < -0.4 is 10.2 Å². The molecule has 0 aliphatic carbocycles. The number of hydrogen-bond donors (Lipinski definition) is 1. The standard InChI is InChI=1S/C15H17Cl2N5O2/c1-3-4-5-21(2)15-13(22(23)24)14(18-9-19-15)20-12-7-10(16)6-11(17)8-12/h6-9H,3-5H2,1-2H3,(H,18,19,20). The number of rotatable bonds is 7. The molecule has 7 nitrogen and oxygen atoms in total. The van der Waals surface area contributed by atoms with Crippen LogP contribution in [0.4, 0.5) is 23.0 Å². The summed E-state index contributed by atoms with van der Waals surface area (Å²) in [5.74, 6) is 0.353. The average molecular weight is 370 g/mol. The number of halogens is 2. The Morgan fingerprint density at radius 3 is 2.50 bits per heavy atom. The average Bonchev–Trinajstić information content (AvgIpc) is 2.51. The molecule has 0 fully saturated rings. The third-order valence-corrected chi connectivity index (χ3v) is 3.76. The maximum atomic E-state index is 11.6. The van der Waals surface area contributed by atoms with E-state index < -0.39 is 4.92 Å². The maximum absolute atomic E-state index is 11.6. The van der Waals surface area contributed by atoms with E-state index in [9.17, 15) is 10.1 Å². The van der Waals surface area contributed by atoms with E-state index in [-0.39, 0.29) is 17.3 Å². The maximum Gasteiger partial charge on any atom is 0.353 e. The minimum atomic E-state index is -0.494. The van der Waals surface area contributed by atoms with E-state index >= 15 is 0 Å². The lowest BCUT2D eigenvalue weighted by Crippen LogP contribution is -2.21. The second-order valence-corrected chi connectivity index (χ2v) is 6.08. The third kappa shape index (κ3) is 4.46. The summed E-state index contributed by atoms with van der Waals surface area (Å²) in [6.07, 6.45) is 3.18. The Bertz CT molecular complexity index is 722. The van der Waals surface area contributed by atoms with Crippen molar-refractivity contribution in [1.82, 2.24) is 9.97 Å². The first-order valence-electron chi connectivity index (χ1n) is 7.36. The van der Waals surface area contributed by atoms with Crippen LogP contribution in [0.1, 0.15) is 19.8 Å². The molecule has 0 unspecified atom stereocenters. The van der Waals surface area contributed by atoms with Crippen LogP contribution in [0.15, 0.2) is 24.5 Å². The fraction of sp³-hybridized carbons (Fsp3) is 0.333. The fourth-order valence-corrected chi connectivity index (χ4v) is 2.70. The lowest BCUT2D eigenvalue weighted by molar-refractivity contribution is -0.383. The molecule has 1 aromatic carbocycles. The number of nitrogens with zero attached hydrogens (tertiary/aromatic N) is 4. The van der Waals surface area contributed by atoms with Crippen molar-refractivity contribution in [3.63, 3.8) is 0 Å². The van der Waals surface area contributed by atoms with Crippen molar-refractivity contribution >= 4 is 46.2 Å². The van der Waals surface area contributed by atoms with E-state index in [2.05, 4.69) is 22.2 Å². The summed E-state index contributed by atoms with van der Waals surface area (Å²) in [6.45, 7) is 2.72. The number of anilines is 3. The molecule has 0 aliphatic rings. The van der Waals surface area contributed by atoms with Crippen LogP contribution >= 0.6 is 23.2 Å². The second-order valence-electron chi connectivity index (χ2n) is 5.21. The highest BCUT2D eigenvalue weighted by molar-refractivity contribution is 6.35.